The number of hydrogen-bond donors (Lipinski definition) is 1. The Morgan fingerprint density at radius 2 is 1.79 bits per heavy atom. The second kappa shape index (κ2) is 8.24. The SMILES string of the molecule is C[C@H]1CCN(CCOc2ccc3ccccc3c2)C(c2cccc(O)c2)[C@@H]1C. The van der Waals surface area contributed by atoms with Crippen LogP contribution in [0.2, 0.25) is 0 Å². The molecular formula is C25H29NO2. The lowest BCUT2D eigenvalue weighted by molar-refractivity contribution is 0.0518. The van der Waals surface area contributed by atoms with Crippen molar-refractivity contribution in [1.29, 1.82) is 0 Å². The van der Waals surface area contributed by atoms with Gasteiger partial charge in [0.05, 0.1) is 0 Å². The van der Waals surface area contributed by atoms with Crippen LogP contribution in [0.1, 0.15) is 31.9 Å². The number of likely N-dealkylation sites (tertiary alicyclic amines) is 1. The zero-order valence-electron chi connectivity index (χ0n) is 16.7. The fraction of sp³-hybridized carbons (Fsp3) is 0.360. The Balaban J connectivity index is 1.45. The van der Waals surface area contributed by atoms with Crippen LogP contribution in [0.25, 0.3) is 10.8 Å². The maximum absolute atomic E-state index is 9.95. The molecule has 1 aliphatic heterocycles. The van der Waals surface area contributed by atoms with Gasteiger partial charge in [-0.15, -0.1) is 0 Å². The molecule has 146 valence electrons. The van der Waals surface area contributed by atoms with Crippen LogP contribution in [0.15, 0.2) is 66.7 Å². The molecule has 28 heavy (non-hydrogen) atoms. The molecular weight excluding hydrogens is 346 g/mol. The Kier molecular flexibility index (Phi) is 5.54. The summed E-state index contributed by atoms with van der Waals surface area (Å²) in [6.07, 6.45) is 1.20. The Morgan fingerprint density at radius 1 is 0.964 bits per heavy atom. The summed E-state index contributed by atoms with van der Waals surface area (Å²) in [4.78, 5) is 2.51. The predicted molar refractivity (Wildman–Crippen MR) is 115 cm³/mol. The van der Waals surface area contributed by atoms with Gasteiger partial charge in [-0.1, -0.05) is 56.3 Å². The van der Waals surface area contributed by atoms with Crippen molar-refractivity contribution in [1.82, 2.24) is 4.90 Å². The van der Waals surface area contributed by atoms with E-state index in [0.717, 1.165) is 18.8 Å². The Hall–Kier alpha value is -2.52. The van der Waals surface area contributed by atoms with Crippen molar-refractivity contribution in [3.05, 3.63) is 72.3 Å². The second-order valence-corrected chi connectivity index (χ2v) is 8.06. The molecule has 4 rings (SSSR count). The van der Waals surface area contributed by atoms with Gasteiger partial charge < -0.3 is 9.84 Å². The minimum Gasteiger partial charge on any atom is -0.508 e. The summed E-state index contributed by atoms with van der Waals surface area (Å²) in [5.41, 5.74) is 1.20. The normalized spacial score (nSPS) is 23.0. The van der Waals surface area contributed by atoms with Crippen molar-refractivity contribution < 1.29 is 9.84 Å². The average Bonchev–Trinajstić information content (AvgIpc) is 2.70. The number of aromatic hydroxyl groups is 1. The van der Waals surface area contributed by atoms with Crippen LogP contribution in [0, 0.1) is 11.8 Å². The molecule has 0 bridgehead atoms. The number of phenolic OH excluding ortho intramolecular Hbond substituents is 1. The van der Waals surface area contributed by atoms with E-state index in [1.807, 2.05) is 12.1 Å². The lowest BCUT2D eigenvalue weighted by Gasteiger charge is -2.43. The van der Waals surface area contributed by atoms with E-state index in [1.165, 1.54) is 22.8 Å². The van der Waals surface area contributed by atoms with Crippen molar-refractivity contribution in [3.63, 3.8) is 0 Å². The summed E-state index contributed by atoms with van der Waals surface area (Å²) < 4.78 is 6.10. The molecule has 0 amide bonds. The monoisotopic (exact) mass is 375 g/mol. The van der Waals surface area contributed by atoms with E-state index in [9.17, 15) is 5.11 Å². The van der Waals surface area contributed by atoms with E-state index >= 15 is 0 Å². The van der Waals surface area contributed by atoms with E-state index in [2.05, 4.69) is 67.3 Å². The topological polar surface area (TPSA) is 32.7 Å². The molecule has 1 fully saturated rings. The number of phenols is 1. The van der Waals surface area contributed by atoms with Gasteiger partial charge in [-0.05, 0) is 65.4 Å². The van der Waals surface area contributed by atoms with Gasteiger partial charge >= 0.3 is 0 Å². The van der Waals surface area contributed by atoms with Gasteiger partial charge in [-0.3, -0.25) is 4.90 Å². The summed E-state index contributed by atoms with van der Waals surface area (Å²) >= 11 is 0. The third-order valence-electron chi connectivity index (χ3n) is 6.24. The molecule has 3 aromatic carbocycles. The van der Waals surface area contributed by atoms with Crippen LogP contribution in [0.4, 0.5) is 0 Å². The largest absolute Gasteiger partial charge is 0.508 e. The van der Waals surface area contributed by atoms with Gasteiger partial charge in [-0.2, -0.15) is 0 Å². The van der Waals surface area contributed by atoms with Crippen LogP contribution in [0.5, 0.6) is 11.5 Å². The molecule has 0 saturated carbocycles. The minimum atomic E-state index is 0.316. The number of nitrogens with zero attached hydrogens (tertiary/aromatic N) is 1. The smallest absolute Gasteiger partial charge is 0.120 e. The first-order valence-corrected chi connectivity index (χ1v) is 10.3. The Morgan fingerprint density at radius 3 is 2.61 bits per heavy atom. The molecule has 3 nitrogen and oxygen atoms in total. The van der Waals surface area contributed by atoms with Gasteiger partial charge in [0.2, 0.25) is 0 Å². The number of ether oxygens (including phenoxy) is 1. The van der Waals surface area contributed by atoms with E-state index < -0.39 is 0 Å². The first-order valence-electron chi connectivity index (χ1n) is 10.3. The maximum atomic E-state index is 9.95. The van der Waals surface area contributed by atoms with Crippen molar-refractivity contribution in [3.8, 4) is 11.5 Å². The molecule has 1 unspecified atom stereocenters. The highest BCUT2D eigenvalue weighted by Crippen LogP contribution is 2.39. The fourth-order valence-electron chi connectivity index (χ4n) is 4.43. The molecule has 1 aliphatic rings. The molecule has 0 spiro atoms. The van der Waals surface area contributed by atoms with Crippen LogP contribution in [-0.2, 0) is 0 Å². The van der Waals surface area contributed by atoms with E-state index in [1.54, 1.807) is 6.07 Å². The van der Waals surface area contributed by atoms with Crippen molar-refractivity contribution in [2.24, 2.45) is 11.8 Å². The molecule has 0 aliphatic carbocycles. The third kappa shape index (κ3) is 4.00. The van der Waals surface area contributed by atoms with Crippen molar-refractivity contribution >= 4 is 10.8 Å². The van der Waals surface area contributed by atoms with Gasteiger partial charge in [0, 0.05) is 12.6 Å². The summed E-state index contributed by atoms with van der Waals surface area (Å²) in [6, 6.07) is 22.7. The Bertz CT molecular complexity index is 938. The zero-order valence-corrected chi connectivity index (χ0v) is 16.7. The molecule has 3 atom stereocenters. The Labute approximate surface area is 167 Å². The molecule has 3 aromatic rings. The van der Waals surface area contributed by atoms with Crippen molar-refractivity contribution in [2.75, 3.05) is 19.7 Å². The van der Waals surface area contributed by atoms with Crippen LogP contribution >= 0.6 is 0 Å². The second-order valence-electron chi connectivity index (χ2n) is 8.06. The molecule has 1 heterocycles. The number of hydrogen-bond acceptors (Lipinski definition) is 3. The molecule has 1 N–H and O–H groups in total. The highest BCUT2D eigenvalue weighted by molar-refractivity contribution is 5.83. The molecule has 3 heteroatoms. The average molecular weight is 376 g/mol. The number of piperidine rings is 1. The summed E-state index contributed by atoms with van der Waals surface area (Å²) in [5, 5.41) is 12.4. The summed E-state index contributed by atoms with van der Waals surface area (Å²) in [6.45, 7) is 7.27. The first kappa shape index (κ1) is 18.8. The summed E-state index contributed by atoms with van der Waals surface area (Å²) in [7, 11) is 0. The molecule has 1 saturated heterocycles. The molecule has 0 aromatic heterocycles. The number of rotatable bonds is 5. The van der Waals surface area contributed by atoms with E-state index in [0.29, 0.717) is 30.2 Å². The highest BCUT2D eigenvalue weighted by Gasteiger charge is 2.34. The van der Waals surface area contributed by atoms with Crippen LogP contribution in [0.3, 0.4) is 0 Å². The van der Waals surface area contributed by atoms with Crippen LogP contribution in [-0.4, -0.2) is 29.7 Å². The van der Waals surface area contributed by atoms with E-state index in [4.69, 9.17) is 4.74 Å². The minimum absolute atomic E-state index is 0.316. The molecule has 0 radical (unpaired) electrons. The third-order valence-corrected chi connectivity index (χ3v) is 6.24. The van der Waals surface area contributed by atoms with Gasteiger partial charge in [0.25, 0.3) is 0 Å². The van der Waals surface area contributed by atoms with Gasteiger partial charge in [-0.25, -0.2) is 0 Å². The first-order chi connectivity index (χ1) is 13.6. The van der Waals surface area contributed by atoms with Gasteiger partial charge in [0.1, 0.15) is 18.1 Å². The predicted octanol–water partition coefficient (Wildman–Crippen LogP) is 5.64. The zero-order chi connectivity index (χ0) is 19.5. The standard InChI is InChI=1S/C25H29NO2/c1-18-12-13-26(25(19(18)2)22-8-5-9-23(27)16-22)14-15-28-24-11-10-20-6-3-4-7-21(20)17-24/h3-11,16-19,25,27H,12-15H2,1-2H3/t18-,19+,25?/m0/s1. The maximum Gasteiger partial charge on any atom is 0.120 e. The lowest BCUT2D eigenvalue weighted by atomic mass is 9.79. The quantitative estimate of drug-likeness (QED) is 0.626. The number of fused-ring (bicyclic) bond motifs is 1. The lowest BCUT2D eigenvalue weighted by Crippen LogP contribution is -2.43. The van der Waals surface area contributed by atoms with Crippen molar-refractivity contribution in [2.45, 2.75) is 26.3 Å². The highest BCUT2D eigenvalue weighted by atomic mass is 16.5. The fourth-order valence-corrected chi connectivity index (χ4v) is 4.43. The van der Waals surface area contributed by atoms with Gasteiger partial charge in [0.15, 0.2) is 0 Å². The summed E-state index contributed by atoms with van der Waals surface area (Å²) in [5.74, 6) is 2.47. The van der Waals surface area contributed by atoms with Crippen LogP contribution < -0.4 is 4.74 Å². The number of benzene rings is 3. The van der Waals surface area contributed by atoms with E-state index in [-0.39, 0.29) is 0 Å².